The molecule has 0 unspecified atom stereocenters. The number of nitrogens with zero attached hydrogens (tertiary/aromatic N) is 1. The Morgan fingerprint density at radius 2 is 1.80 bits per heavy atom. The van der Waals surface area contributed by atoms with Crippen molar-refractivity contribution < 1.29 is 4.79 Å². The van der Waals surface area contributed by atoms with E-state index in [0.29, 0.717) is 27.1 Å². The smallest absolute Gasteiger partial charge is 0.255 e. The van der Waals surface area contributed by atoms with Crippen LogP contribution in [0.25, 0.3) is 0 Å². The van der Waals surface area contributed by atoms with Gasteiger partial charge in [0.1, 0.15) is 5.82 Å². The third-order valence-corrected chi connectivity index (χ3v) is 4.04. The molecule has 1 heterocycles. The van der Waals surface area contributed by atoms with Crippen molar-refractivity contribution in [2.24, 2.45) is 0 Å². The second-order valence-corrected chi connectivity index (χ2v) is 6.35. The van der Waals surface area contributed by atoms with Gasteiger partial charge in [0.15, 0.2) is 0 Å². The highest BCUT2D eigenvalue weighted by molar-refractivity contribution is 6.31. The Kier molecular flexibility index (Phi) is 5.22. The van der Waals surface area contributed by atoms with E-state index in [4.69, 9.17) is 23.2 Å². The number of carbonyl (C=O) groups is 1. The number of amides is 1. The molecule has 0 atom stereocenters. The van der Waals surface area contributed by atoms with E-state index < -0.39 is 0 Å². The highest BCUT2D eigenvalue weighted by Crippen LogP contribution is 2.24. The highest BCUT2D eigenvalue weighted by atomic mass is 35.5. The molecule has 0 aliphatic rings. The zero-order valence-corrected chi connectivity index (χ0v) is 14.9. The molecule has 0 saturated heterocycles. The van der Waals surface area contributed by atoms with Crippen LogP contribution in [-0.4, -0.2) is 10.9 Å². The lowest BCUT2D eigenvalue weighted by molar-refractivity contribution is 0.102. The molecule has 0 bridgehead atoms. The Bertz CT molecular complexity index is 911. The summed E-state index contributed by atoms with van der Waals surface area (Å²) in [7, 11) is 0. The molecule has 126 valence electrons. The third-order valence-electron chi connectivity index (χ3n) is 3.57. The highest BCUT2D eigenvalue weighted by Gasteiger charge is 2.07. The SMILES string of the molecule is Cc1ccc(Cl)cc1Nc1ccc(NC(=O)c2cccc(Cl)c2)cn1. The van der Waals surface area contributed by atoms with Crippen molar-refractivity contribution in [3.05, 3.63) is 82.0 Å². The summed E-state index contributed by atoms with van der Waals surface area (Å²) in [5, 5.41) is 7.16. The van der Waals surface area contributed by atoms with Gasteiger partial charge in [0, 0.05) is 21.3 Å². The van der Waals surface area contributed by atoms with Gasteiger partial charge in [-0.3, -0.25) is 4.79 Å². The van der Waals surface area contributed by atoms with Crippen LogP contribution in [0.2, 0.25) is 10.0 Å². The van der Waals surface area contributed by atoms with Crippen LogP contribution in [0.1, 0.15) is 15.9 Å². The molecule has 2 N–H and O–H groups in total. The minimum Gasteiger partial charge on any atom is -0.340 e. The first kappa shape index (κ1) is 17.3. The number of pyridine rings is 1. The van der Waals surface area contributed by atoms with Crippen molar-refractivity contribution in [2.45, 2.75) is 6.92 Å². The van der Waals surface area contributed by atoms with Crippen molar-refractivity contribution in [3.8, 4) is 0 Å². The maximum atomic E-state index is 12.2. The second kappa shape index (κ2) is 7.55. The normalized spacial score (nSPS) is 10.4. The molecule has 1 aromatic heterocycles. The number of hydrogen-bond acceptors (Lipinski definition) is 3. The fourth-order valence-corrected chi connectivity index (χ4v) is 2.60. The number of anilines is 3. The number of hydrogen-bond donors (Lipinski definition) is 2. The fraction of sp³-hybridized carbons (Fsp3) is 0.0526. The zero-order valence-electron chi connectivity index (χ0n) is 13.4. The van der Waals surface area contributed by atoms with E-state index >= 15 is 0 Å². The Morgan fingerprint density at radius 3 is 2.52 bits per heavy atom. The minimum atomic E-state index is -0.240. The molecule has 0 radical (unpaired) electrons. The van der Waals surface area contributed by atoms with Gasteiger partial charge in [0.2, 0.25) is 0 Å². The van der Waals surface area contributed by atoms with Gasteiger partial charge in [-0.05, 0) is 55.0 Å². The van der Waals surface area contributed by atoms with Crippen LogP contribution in [0, 0.1) is 6.92 Å². The molecule has 4 nitrogen and oxygen atoms in total. The van der Waals surface area contributed by atoms with Crippen LogP contribution in [-0.2, 0) is 0 Å². The standard InChI is InChI=1S/C19H15Cl2N3O/c1-12-5-6-15(21)10-17(12)24-18-8-7-16(11-22-18)23-19(25)13-3-2-4-14(20)9-13/h2-11H,1H3,(H,22,24)(H,23,25). The summed E-state index contributed by atoms with van der Waals surface area (Å²) in [6.07, 6.45) is 1.59. The largest absolute Gasteiger partial charge is 0.340 e. The van der Waals surface area contributed by atoms with Gasteiger partial charge in [-0.25, -0.2) is 4.98 Å². The molecule has 0 aliphatic heterocycles. The molecule has 0 spiro atoms. The van der Waals surface area contributed by atoms with E-state index in [2.05, 4.69) is 15.6 Å². The predicted octanol–water partition coefficient (Wildman–Crippen LogP) is 5.69. The predicted molar refractivity (Wildman–Crippen MR) is 103 cm³/mol. The van der Waals surface area contributed by atoms with E-state index in [-0.39, 0.29) is 5.91 Å². The average Bonchev–Trinajstić information content (AvgIpc) is 2.60. The number of carbonyl (C=O) groups excluding carboxylic acids is 1. The quantitative estimate of drug-likeness (QED) is 0.618. The zero-order chi connectivity index (χ0) is 17.8. The van der Waals surface area contributed by atoms with Crippen molar-refractivity contribution in [2.75, 3.05) is 10.6 Å². The monoisotopic (exact) mass is 371 g/mol. The minimum absolute atomic E-state index is 0.240. The Balaban J connectivity index is 1.70. The lowest BCUT2D eigenvalue weighted by Gasteiger charge is -2.10. The van der Waals surface area contributed by atoms with Crippen LogP contribution in [0.5, 0.6) is 0 Å². The topological polar surface area (TPSA) is 54.0 Å². The molecule has 0 saturated carbocycles. The van der Waals surface area contributed by atoms with Crippen LogP contribution < -0.4 is 10.6 Å². The van der Waals surface area contributed by atoms with Gasteiger partial charge >= 0.3 is 0 Å². The Labute approximate surface area is 155 Å². The molecular weight excluding hydrogens is 357 g/mol. The molecule has 0 fully saturated rings. The van der Waals surface area contributed by atoms with Crippen molar-refractivity contribution in [1.82, 2.24) is 4.98 Å². The van der Waals surface area contributed by atoms with E-state index in [9.17, 15) is 4.79 Å². The van der Waals surface area contributed by atoms with E-state index in [1.807, 2.05) is 25.1 Å². The molecule has 0 aliphatic carbocycles. The van der Waals surface area contributed by atoms with Crippen LogP contribution in [0.4, 0.5) is 17.2 Å². The summed E-state index contributed by atoms with van der Waals surface area (Å²) < 4.78 is 0. The third kappa shape index (κ3) is 4.50. The number of halogens is 2. The summed E-state index contributed by atoms with van der Waals surface area (Å²) in [5.41, 5.74) is 3.03. The first-order valence-electron chi connectivity index (χ1n) is 7.57. The fourth-order valence-electron chi connectivity index (χ4n) is 2.24. The molecule has 25 heavy (non-hydrogen) atoms. The van der Waals surface area contributed by atoms with Gasteiger partial charge in [0.05, 0.1) is 11.9 Å². The van der Waals surface area contributed by atoms with Crippen LogP contribution >= 0.6 is 23.2 Å². The molecular formula is C19H15Cl2N3O. The summed E-state index contributed by atoms with van der Waals surface area (Å²) in [6, 6.07) is 15.9. The number of aryl methyl sites for hydroxylation is 1. The maximum Gasteiger partial charge on any atom is 0.255 e. The van der Waals surface area contributed by atoms with E-state index in [1.54, 1.807) is 42.6 Å². The van der Waals surface area contributed by atoms with Gasteiger partial charge in [-0.15, -0.1) is 0 Å². The van der Waals surface area contributed by atoms with E-state index in [1.165, 1.54) is 0 Å². The molecule has 6 heteroatoms. The summed E-state index contributed by atoms with van der Waals surface area (Å²) >= 11 is 11.9. The molecule has 3 aromatic rings. The molecule has 2 aromatic carbocycles. The first-order valence-corrected chi connectivity index (χ1v) is 8.33. The van der Waals surface area contributed by atoms with Gasteiger partial charge in [-0.1, -0.05) is 35.3 Å². The molecule has 1 amide bonds. The average molecular weight is 372 g/mol. The Morgan fingerprint density at radius 1 is 1.00 bits per heavy atom. The van der Waals surface area contributed by atoms with Gasteiger partial charge < -0.3 is 10.6 Å². The number of aromatic nitrogens is 1. The second-order valence-electron chi connectivity index (χ2n) is 5.48. The number of benzene rings is 2. The van der Waals surface area contributed by atoms with Crippen molar-refractivity contribution in [1.29, 1.82) is 0 Å². The molecule has 3 rings (SSSR count). The maximum absolute atomic E-state index is 12.2. The van der Waals surface area contributed by atoms with Crippen molar-refractivity contribution in [3.63, 3.8) is 0 Å². The first-order chi connectivity index (χ1) is 12.0. The van der Waals surface area contributed by atoms with Crippen LogP contribution in [0.15, 0.2) is 60.8 Å². The summed E-state index contributed by atoms with van der Waals surface area (Å²) in [5.74, 6) is 0.418. The van der Waals surface area contributed by atoms with Crippen molar-refractivity contribution >= 4 is 46.3 Å². The number of nitrogens with one attached hydrogen (secondary N) is 2. The summed E-state index contributed by atoms with van der Waals surface area (Å²) in [4.78, 5) is 16.5. The van der Waals surface area contributed by atoms with E-state index in [0.717, 1.165) is 11.3 Å². The van der Waals surface area contributed by atoms with Gasteiger partial charge in [0.25, 0.3) is 5.91 Å². The summed E-state index contributed by atoms with van der Waals surface area (Å²) in [6.45, 7) is 1.98. The Hall–Kier alpha value is -2.56. The lowest BCUT2D eigenvalue weighted by atomic mass is 10.2. The lowest BCUT2D eigenvalue weighted by Crippen LogP contribution is -2.12. The van der Waals surface area contributed by atoms with Gasteiger partial charge in [-0.2, -0.15) is 0 Å². The van der Waals surface area contributed by atoms with Crippen LogP contribution in [0.3, 0.4) is 0 Å². The number of rotatable bonds is 4.